The minimum Gasteiger partial charge on any atom is -0.304 e. The van der Waals surface area contributed by atoms with Crippen molar-refractivity contribution in [3.63, 3.8) is 0 Å². The Labute approximate surface area is 145 Å². The van der Waals surface area contributed by atoms with Gasteiger partial charge in [0, 0.05) is 24.4 Å². The second-order valence-electron chi connectivity index (χ2n) is 7.21. The van der Waals surface area contributed by atoms with E-state index in [1.165, 1.54) is 11.1 Å². The smallest absolute Gasteiger partial charge is 0.183 e. The Morgan fingerprint density at radius 2 is 1.88 bits per heavy atom. The van der Waals surface area contributed by atoms with Gasteiger partial charge >= 0.3 is 0 Å². The number of hydrogen-bond acceptors (Lipinski definition) is 2. The SMILES string of the molecule is CN(C)C[C@H]1C[C@@H]2c3ccccc3Cc3ccc(F)cc3[C@H]2[S+]1O. The highest BCUT2D eigenvalue weighted by molar-refractivity contribution is 7.92. The van der Waals surface area contributed by atoms with E-state index < -0.39 is 11.2 Å². The molecule has 2 nitrogen and oxygen atoms in total. The van der Waals surface area contributed by atoms with Crippen LogP contribution in [0, 0.1) is 5.82 Å². The van der Waals surface area contributed by atoms with Crippen LogP contribution in [0.4, 0.5) is 4.39 Å². The quantitative estimate of drug-likeness (QED) is 0.833. The lowest BCUT2D eigenvalue weighted by Gasteiger charge is -2.16. The van der Waals surface area contributed by atoms with Gasteiger partial charge in [-0.3, -0.25) is 0 Å². The first-order valence-electron chi connectivity index (χ1n) is 8.46. The molecule has 0 bridgehead atoms. The monoisotopic (exact) mass is 344 g/mol. The molecule has 0 spiro atoms. The summed E-state index contributed by atoms with van der Waals surface area (Å²) < 4.78 is 25.1. The van der Waals surface area contributed by atoms with Gasteiger partial charge in [-0.15, -0.1) is 0 Å². The zero-order valence-electron chi connectivity index (χ0n) is 14.1. The minimum absolute atomic E-state index is 0.0179. The summed E-state index contributed by atoms with van der Waals surface area (Å²) in [5, 5.41) is 0.265. The highest BCUT2D eigenvalue weighted by atomic mass is 32.2. The molecule has 1 fully saturated rings. The van der Waals surface area contributed by atoms with Crippen LogP contribution in [0.2, 0.25) is 0 Å². The van der Waals surface area contributed by atoms with Crippen LogP contribution in [-0.2, 0) is 17.6 Å². The lowest BCUT2D eigenvalue weighted by Crippen LogP contribution is -2.30. The molecule has 1 aliphatic heterocycles. The molecule has 126 valence electrons. The molecule has 1 aliphatic carbocycles. The number of fused-ring (bicyclic) bond motifs is 5. The summed E-state index contributed by atoms with van der Waals surface area (Å²) in [4.78, 5) is 2.14. The molecule has 1 N–H and O–H groups in total. The number of benzene rings is 2. The van der Waals surface area contributed by atoms with Gasteiger partial charge in [-0.25, -0.2) is 4.39 Å². The predicted molar refractivity (Wildman–Crippen MR) is 98.1 cm³/mol. The summed E-state index contributed by atoms with van der Waals surface area (Å²) in [5.41, 5.74) is 4.84. The summed E-state index contributed by atoms with van der Waals surface area (Å²) in [7, 11) is 4.10. The van der Waals surface area contributed by atoms with Crippen molar-refractivity contribution < 1.29 is 8.94 Å². The summed E-state index contributed by atoms with van der Waals surface area (Å²) in [6.07, 6.45) is 1.80. The van der Waals surface area contributed by atoms with Crippen molar-refractivity contribution in [2.75, 3.05) is 20.6 Å². The zero-order chi connectivity index (χ0) is 16.8. The highest BCUT2D eigenvalue weighted by Crippen LogP contribution is 2.53. The Morgan fingerprint density at radius 1 is 1.12 bits per heavy atom. The lowest BCUT2D eigenvalue weighted by molar-refractivity contribution is 0.394. The van der Waals surface area contributed by atoms with Crippen LogP contribution in [0.3, 0.4) is 0 Å². The standard InChI is InChI=1S/C20H23FNOS/c1-22(2)12-16-11-19-17-6-4-3-5-13(17)9-14-7-8-15(21)10-18(14)20(19)24(16)23/h3-8,10,16,19-20,23H,9,11-12H2,1-2H3/q+1/t16-,19-,20-,24?/m1/s1. The van der Waals surface area contributed by atoms with Crippen LogP contribution >= 0.6 is 0 Å². The van der Waals surface area contributed by atoms with Crippen LogP contribution in [0.15, 0.2) is 42.5 Å². The molecule has 4 rings (SSSR count). The fraction of sp³-hybridized carbons (Fsp3) is 0.400. The third-order valence-corrected chi connectivity index (χ3v) is 7.43. The van der Waals surface area contributed by atoms with E-state index in [1.54, 1.807) is 12.1 Å². The minimum atomic E-state index is -0.744. The molecule has 2 aromatic carbocycles. The first kappa shape index (κ1) is 16.1. The van der Waals surface area contributed by atoms with E-state index in [0.29, 0.717) is 0 Å². The maximum Gasteiger partial charge on any atom is 0.183 e. The maximum atomic E-state index is 14.0. The van der Waals surface area contributed by atoms with E-state index in [1.807, 2.05) is 20.2 Å². The summed E-state index contributed by atoms with van der Waals surface area (Å²) in [6.45, 7) is 0.874. The van der Waals surface area contributed by atoms with E-state index in [4.69, 9.17) is 0 Å². The average Bonchev–Trinajstić information content (AvgIpc) is 2.78. The number of nitrogens with zero attached hydrogens (tertiary/aromatic N) is 1. The first-order valence-corrected chi connectivity index (χ1v) is 9.77. The van der Waals surface area contributed by atoms with Gasteiger partial charge in [-0.05, 0) is 49.3 Å². The molecule has 24 heavy (non-hydrogen) atoms. The van der Waals surface area contributed by atoms with Crippen LogP contribution < -0.4 is 0 Å². The predicted octanol–water partition coefficient (Wildman–Crippen LogP) is 3.98. The fourth-order valence-electron chi connectivity index (χ4n) is 4.33. The molecule has 4 atom stereocenters. The van der Waals surface area contributed by atoms with Crippen LogP contribution in [0.25, 0.3) is 0 Å². The van der Waals surface area contributed by atoms with E-state index in [0.717, 1.165) is 30.5 Å². The molecule has 1 saturated heterocycles. The van der Waals surface area contributed by atoms with Gasteiger partial charge in [0.25, 0.3) is 0 Å². The lowest BCUT2D eigenvalue weighted by atomic mass is 9.87. The topological polar surface area (TPSA) is 23.5 Å². The van der Waals surface area contributed by atoms with Crippen molar-refractivity contribution >= 4 is 11.2 Å². The molecule has 0 aromatic heterocycles. The average molecular weight is 344 g/mol. The highest BCUT2D eigenvalue weighted by Gasteiger charge is 2.55. The van der Waals surface area contributed by atoms with Gasteiger partial charge in [0.05, 0.1) is 0 Å². The first-order chi connectivity index (χ1) is 11.5. The summed E-state index contributed by atoms with van der Waals surface area (Å²) >= 11 is -0.744. The van der Waals surface area contributed by atoms with E-state index in [9.17, 15) is 8.94 Å². The van der Waals surface area contributed by atoms with E-state index >= 15 is 0 Å². The fourth-order valence-corrected chi connectivity index (χ4v) is 6.67. The zero-order valence-corrected chi connectivity index (χ0v) is 14.9. The second kappa shape index (κ2) is 6.17. The third kappa shape index (κ3) is 2.67. The normalized spacial score (nSPS) is 28.2. The van der Waals surface area contributed by atoms with Gasteiger partial charge in [0.15, 0.2) is 21.7 Å². The third-order valence-electron chi connectivity index (χ3n) is 5.30. The van der Waals surface area contributed by atoms with Crippen molar-refractivity contribution in [3.8, 4) is 0 Å². The number of rotatable bonds is 2. The van der Waals surface area contributed by atoms with Crippen molar-refractivity contribution in [2.45, 2.75) is 29.3 Å². The van der Waals surface area contributed by atoms with Crippen LogP contribution in [0.1, 0.15) is 39.8 Å². The van der Waals surface area contributed by atoms with Crippen LogP contribution in [-0.4, -0.2) is 35.3 Å². The summed E-state index contributed by atoms with van der Waals surface area (Å²) in [6, 6.07) is 13.6. The Hall–Kier alpha value is -1.36. The molecule has 2 aromatic rings. The maximum absolute atomic E-state index is 14.0. The number of hydrogen-bond donors (Lipinski definition) is 1. The second-order valence-corrected chi connectivity index (χ2v) is 9.08. The molecule has 0 amide bonds. The van der Waals surface area contributed by atoms with E-state index in [-0.39, 0.29) is 22.2 Å². The van der Waals surface area contributed by atoms with Crippen molar-refractivity contribution in [1.82, 2.24) is 4.90 Å². The molecule has 0 radical (unpaired) electrons. The molecular formula is C20H23FNOS+. The van der Waals surface area contributed by atoms with E-state index in [2.05, 4.69) is 29.2 Å². The molecular weight excluding hydrogens is 321 g/mol. The molecule has 0 saturated carbocycles. The van der Waals surface area contributed by atoms with Gasteiger partial charge in [-0.1, -0.05) is 30.3 Å². The Balaban J connectivity index is 1.85. The van der Waals surface area contributed by atoms with Gasteiger partial charge < -0.3 is 4.90 Å². The van der Waals surface area contributed by atoms with Crippen molar-refractivity contribution in [2.24, 2.45) is 0 Å². The Kier molecular flexibility index (Phi) is 4.15. The molecule has 4 heteroatoms. The molecule has 2 aliphatic rings. The summed E-state index contributed by atoms with van der Waals surface area (Å²) in [5.74, 6) is 0.0778. The van der Waals surface area contributed by atoms with Crippen LogP contribution in [0.5, 0.6) is 0 Å². The van der Waals surface area contributed by atoms with Gasteiger partial charge in [-0.2, -0.15) is 4.55 Å². The number of halogens is 1. The Bertz CT molecular complexity index is 763. The largest absolute Gasteiger partial charge is 0.304 e. The van der Waals surface area contributed by atoms with Gasteiger partial charge in [0.1, 0.15) is 5.82 Å². The van der Waals surface area contributed by atoms with Gasteiger partial charge in [0.2, 0.25) is 0 Å². The van der Waals surface area contributed by atoms with Crippen molar-refractivity contribution in [3.05, 3.63) is 70.5 Å². The van der Waals surface area contributed by atoms with Crippen molar-refractivity contribution in [1.29, 1.82) is 0 Å². The Morgan fingerprint density at radius 3 is 2.67 bits per heavy atom. The molecule has 1 unspecified atom stereocenters. The molecule has 1 heterocycles.